The van der Waals surface area contributed by atoms with Gasteiger partial charge in [-0.1, -0.05) is 19.1 Å². The van der Waals surface area contributed by atoms with Crippen LogP contribution in [0.2, 0.25) is 0 Å². The highest BCUT2D eigenvalue weighted by Gasteiger charge is 2.28. The van der Waals surface area contributed by atoms with Crippen molar-refractivity contribution in [2.24, 2.45) is 4.99 Å². The van der Waals surface area contributed by atoms with Crippen LogP contribution in [0, 0.1) is 12.7 Å². The number of anilines is 2. The molecule has 0 radical (unpaired) electrons. The number of thiol groups is 1. The van der Waals surface area contributed by atoms with Gasteiger partial charge in [-0.05, 0) is 55.7 Å². The number of imidazole rings is 1. The molecular weight excluding hydrogens is 561 g/mol. The van der Waals surface area contributed by atoms with E-state index in [-0.39, 0.29) is 11.7 Å². The standard InChI is InChI=1S/C29H36FN7O2S2/c1-4-24-28(33(3)29(41)32-27(40)20-5-7-21(30)8-6-20)37-16-22(15-19(2)26(37)31-24)35-13-11-34(12-14-35)18-25(39)36-10-9-23(38)17-36/h5-8,15-16,23,38H,4,9-14,17-18H2,1-3H3,(H,32,40,41)/t23-/m1/s1. The second-order valence-electron chi connectivity index (χ2n) is 10.6. The zero-order valence-corrected chi connectivity index (χ0v) is 25.3. The molecule has 3 aromatic rings. The summed E-state index contributed by atoms with van der Waals surface area (Å²) in [6.45, 7) is 8.76. The second-order valence-corrected chi connectivity index (χ2v) is 11.4. The third kappa shape index (κ3) is 6.40. The number of β-amino-alcohol motifs (C(OH)–C–C–N with tert-alkyl or cyclic N) is 1. The summed E-state index contributed by atoms with van der Waals surface area (Å²) in [4.78, 5) is 30.6. The summed E-state index contributed by atoms with van der Waals surface area (Å²) in [7, 11) is 1.89. The van der Waals surface area contributed by atoms with Gasteiger partial charge in [0.1, 0.15) is 22.3 Å². The molecule has 2 aromatic heterocycles. The molecule has 0 bridgehead atoms. The number of hydrogen-bond donors (Lipinski definition) is 2. The number of thiocarbonyl (C=S) groups is 1. The van der Waals surface area contributed by atoms with E-state index < -0.39 is 6.10 Å². The number of hydrogen-bond acceptors (Lipinski definition) is 6. The molecule has 12 heteroatoms. The lowest BCUT2D eigenvalue weighted by Gasteiger charge is -2.36. The average molecular weight is 598 g/mol. The number of aliphatic imine (C=N–C) groups is 1. The number of fused-ring (bicyclic) bond motifs is 1. The molecule has 5 rings (SSSR count). The molecule has 2 fully saturated rings. The summed E-state index contributed by atoms with van der Waals surface area (Å²) in [5, 5.41) is 10.2. The van der Waals surface area contributed by atoms with Gasteiger partial charge in [-0.2, -0.15) is 0 Å². The van der Waals surface area contributed by atoms with Crippen LogP contribution < -0.4 is 9.80 Å². The summed E-state index contributed by atoms with van der Waals surface area (Å²) in [5.41, 5.74) is 4.57. The zero-order valence-electron chi connectivity index (χ0n) is 23.6. The Morgan fingerprint density at radius 2 is 1.93 bits per heavy atom. The van der Waals surface area contributed by atoms with Crippen LogP contribution in [0.3, 0.4) is 0 Å². The number of aryl methyl sites for hydroxylation is 2. The molecule has 2 saturated heterocycles. The summed E-state index contributed by atoms with van der Waals surface area (Å²) in [5.74, 6) is 0.625. The van der Waals surface area contributed by atoms with Crippen molar-refractivity contribution < 1.29 is 14.3 Å². The first kappa shape index (κ1) is 29.4. The number of aliphatic hydroxyl groups is 1. The van der Waals surface area contributed by atoms with E-state index in [9.17, 15) is 14.3 Å². The number of amidine groups is 1. The van der Waals surface area contributed by atoms with Crippen LogP contribution in [0.5, 0.6) is 0 Å². The fraction of sp³-hybridized carbons (Fsp3) is 0.448. The molecule has 9 nitrogen and oxygen atoms in total. The van der Waals surface area contributed by atoms with E-state index in [1.807, 2.05) is 11.9 Å². The first-order valence-electron chi connectivity index (χ1n) is 13.9. The number of pyridine rings is 1. The fourth-order valence-corrected chi connectivity index (χ4v) is 5.92. The summed E-state index contributed by atoms with van der Waals surface area (Å²) in [6, 6.07) is 8.10. The van der Waals surface area contributed by atoms with Gasteiger partial charge in [0.2, 0.25) is 5.91 Å². The first-order chi connectivity index (χ1) is 19.6. The molecule has 0 saturated carbocycles. The first-order valence-corrected chi connectivity index (χ1v) is 14.8. The normalized spacial score (nSPS) is 18.4. The van der Waals surface area contributed by atoms with Gasteiger partial charge in [-0.25, -0.2) is 14.4 Å². The van der Waals surface area contributed by atoms with Gasteiger partial charge >= 0.3 is 0 Å². The smallest absolute Gasteiger partial charge is 0.236 e. The molecule has 2 aliphatic heterocycles. The van der Waals surface area contributed by atoms with Gasteiger partial charge in [0.25, 0.3) is 0 Å². The largest absolute Gasteiger partial charge is 0.391 e. The van der Waals surface area contributed by atoms with Crippen LogP contribution in [0.1, 0.15) is 30.2 Å². The van der Waals surface area contributed by atoms with Crippen LogP contribution in [0.4, 0.5) is 15.9 Å². The maximum atomic E-state index is 13.4. The molecule has 0 unspecified atom stereocenters. The summed E-state index contributed by atoms with van der Waals surface area (Å²) in [6.07, 6.45) is 3.09. The summed E-state index contributed by atoms with van der Waals surface area (Å²) < 4.78 is 15.4. The van der Waals surface area contributed by atoms with Gasteiger partial charge in [0.05, 0.1) is 24.0 Å². The molecule has 4 heterocycles. The number of nitrogens with zero attached hydrogens (tertiary/aromatic N) is 7. The van der Waals surface area contributed by atoms with Gasteiger partial charge in [-0.3, -0.25) is 14.1 Å². The lowest BCUT2D eigenvalue weighted by atomic mass is 10.2. The second kappa shape index (κ2) is 12.4. The Balaban J connectivity index is 1.34. The molecule has 0 aliphatic carbocycles. The molecule has 1 amide bonds. The number of rotatable bonds is 6. The van der Waals surface area contributed by atoms with Gasteiger partial charge in [0.15, 0.2) is 5.17 Å². The van der Waals surface area contributed by atoms with Gasteiger partial charge in [-0.15, -0.1) is 12.6 Å². The molecule has 1 aromatic carbocycles. The quantitative estimate of drug-likeness (QED) is 0.196. The van der Waals surface area contributed by atoms with Crippen LogP contribution in [-0.4, -0.2) is 99.3 Å². The third-order valence-corrected chi connectivity index (χ3v) is 8.52. The molecular formula is C29H36FN7O2S2. The Bertz CT molecular complexity index is 1470. The number of halogens is 1. The van der Waals surface area contributed by atoms with Crippen LogP contribution in [0.15, 0.2) is 41.5 Å². The van der Waals surface area contributed by atoms with Crippen LogP contribution >= 0.6 is 24.8 Å². The van der Waals surface area contributed by atoms with Crippen molar-refractivity contribution in [1.82, 2.24) is 19.2 Å². The number of benzene rings is 1. The minimum atomic E-state index is -0.398. The minimum absolute atomic E-state index is 0.0913. The Morgan fingerprint density at radius 3 is 2.56 bits per heavy atom. The molecule has 218 valence electrons. The number of amides is 1. The Morgan fingerprint density at radius 1 is 1.22 bits per heavy atom. The summed E-state index contributed by atoms with van der Waals surface area (Å²) >= 11 is 10.2. The monoisotopic (exact) mass is 597 g/mol. The molecule has 2 aliphatic rings. The number of piperazine rings is 1. The van der Waals surface area contributed by atoms with E-state index in [4.69, 9.17) is 17.2 Å². The topological polar surface area (TPSA) is 79.9 Å². The minimum Gasteiger partial charge on any atom is -0.391 e. The molecule has 41 heavy (non-hydrogen) atoms. The van der Waals surface area contributed by atoms with Crippen molar-refractivity contribution in [1.29, 1.82) is 0 Å². The highest BCUT2D eigenvalue weighted by Crippen LogP contribution is 2.29. The molecule has 0 spiro atoms. The van der Waals surface area contributed by atoms with Crippen molar-refractivity contribution in [3.8, 4) is 0 Å². The Kier molecular flexibility index (Phi) is 8.93. The Hall–Kier alpha value is -3.06. The van der Waals surface area contributed by atoms with Crippen molar-refractivity contribution in [2.45, 2.75) is 32.8 Å². The van der Waals surface area contributed by atoms with E-state index in [1.165, 1.54) is 12.1 Å². The third-order valence-electron chi connectivity index (χ3n) is 7.79. The predicted molar refractivity (Wildman–Crippen MR) is 168 cm³/mol. The van der Waals surface area contributed by atoms with E-state index in [0.717, 1.165) is 61.0 Å². The number of aromatic nitrogens is 2. The van der Waals surface area contributed by atoms with Gasteiger partial charge in [0, 0.05) is 58.1 Å². The number of carbonyl (C=O) groups excluding carboxylic acids is 1. The van der Waals surface area contributed by atoms with Crippen LogP contribution in [-0.2, 0) is 11.2 Å². The molecule has 1 N–H and O–H groups in total. The zero-order chi connectivity index (χ0) is 29.3. The van der Waals surface area contributed by atoms with E-state index in [0.29, 0.717) is 41.8 Å². The highest BCUT2D eigenvalue weighted by molar-refractivity contribution is 7.97. The van der Waals surface area contributed by atoms with E-state index >= 15 is 0 Å². The fourth-order valence-electron chi connectivity index (χ4n) is 5.43. The number of likely N-dealkylation sites (tertiary alicyclic amines) is 1. The SMILES string of the molecule is CCc1nc2c(C)cc(N3CCN(CC(=O)N4CC[C@@H](O)C4)CC3)cn2c1N(C)/C(S)=N/C(=S)c1ccc(F)cc1. The number of carbonyl (C=O) groups is 1. The van der Waals surface area contributed by atoms with Crippen molar-refractivity contribution >= 4 is 58.1 Å². The van der Waals surface area contributed by atoms with Crippen molar-refractivity contribution in [2.75, 3.05) is 62.7 Å². The number of aliphatic hydroxyl groups excluding tert-OH is 1. The van der Waals surface area contributed by atoms with Crippen LogP contribution in [0.25, 0.3) is 5.65 Å². The highest BCUT2D eigenvalue weighted by atomic mass is 32.1. The Labute approximate surface area is 250 Å². The maximum absolute atomic E-state index is 13.4. The van der Waals surface area contributed by atoms with Crippen molar-refractivity contribution in [3.63, 3.8) is 0 Å². The van der Waals surface area contributed by atoms with Gasteiger partial charge < -0.3 is 19.8 Å². The predicted octanol–water partition coefficient (Wildman–Crippen LogP) is 3.16. The van der Waals surface area contributed by atoms with E-state index in [1.54, 1.807) is 17.0 Å². The maximum Gasteiger partial charge on any atom is 0.236 e. The van der Waals surface area contributed by atoms with E-state index in [2.05, 4.69) is 57.9 Å². The lowest BCUT2D eigenvalue weighted by Crippen LogP contribution is -2.50. The molecule has 1 atom stereocenters. The van der Waals surface area contributed by atoms with Crippen molar-refractivity contribution in [3.05, 3.63) is 59.2 Å². The average Bonchev–Trinajstić information content (AvgIpc) is 3.57. The lowest BCUT2D eigenvalue weighted by molar-refractivity contribution is -0.131.